The van der Waals surface area contributed by atoms with Gasteiger partial charge in [-0.2, -0.15) is 0 Å². The van der Waals surface area contributed by atoms with Crippen LogP contribution < -0.4 is 0 Å². The van der Waals surface area contributed by atoms with Gasteiger partial charge >= 0.3 is 11.9 Å². The molecule has 0 heterocycles. The zero-order valence-corrected chi connectivity index (χ0v) is 27.5. The number of aliphatic carboxylic acids is 1. The maximum absolute atomic E-state index is 12.5. The Bertz CT molecular complexity index is 719. The van der Waals surface area contributed by atoms with Gasteiger partial charge in [-0.05, 0) is 83.1 Å². The quantitative estimate of drug-likeness (QED) is 0.0498. The zero-order valence-electron chi connectivity index (χ0n) is 27.5. The van der Waals surface area contributed by atoms with Gasteiger partial charge in [-0.3, -0.25) is 9.59 Å². The lowest BCUT2D eigenvalue weighted by Gasteiger charge is -2.15. The normalized spacial score (nSPS) is 12.8. The second-order valence-corrected chi connectivity index (χ2v) is 11.7. The highest BCUT2D eigenvalue weighted by Gasteiger charge is 2.11. The van der Waals surface area contributed by atoms with Gasteiger partial charge in [-0.25, -0.2) is 0 Å². The summed E-state index contributed by atoms with van der Waals surface area (Å²) in [6.45, 7) is 4.47. The number of esters is 1. The molecule has 4 nitrogen and oxygen atoms in total. The van der Waals surface area contributed by atoms with Gasteiger partial charge in [0.25, 0.3) is 0 Å². The first-order valence-corrected chi connectivity index (χ1v) is 17.6. The van der Waals surface area contributed by atoms with E-state index in [0.29, 0.717) is 6.42 Å². The third-order valence-corrected chi connectivity index (χ3v) is 7.51. The van der Waals surface area contributed by atoms with E-state index in [1.54, 1.807) is 0 Å². The molecule has 0 spiro atoms. The Labute approximate surface area is 260 Å². The monoisotopic (exact) mass is 586 g/mol. The minimum atomic E-state index is -0.726. The summed E-state index contributed by atoms with van der Waals surface area (Å²) >= 11 is 0. The molecular weight excluding hydrogens is 520 g/mol. The maximum Gasteiger partial charge on any atom is 0.306 e. The predicted molar refractivity (Wildman–Crippen MR) is 181 cm³/mol. The number of carboxylic acids is 1. The van der Waals surface area contributed by atoms with Crippen LogP contribution >= 0.6 is 0 Å². The van der Waals surface area contributed by atoms with Crippen molar-refractivity contribution in [1.29, 1.82) is 0 Å². The first kappa shape index (κ1) is 39.9. The Morgan fingerprint density at radius 3 is 1.62 bits per heavy atom. The summed E-state index contributed by atoms with van der Waals surface area (Å²) in [5, 5.41) is 8.78. The summed E-state index contributed by atoms with van der Waals surface area (Å²) in [7, 11) is 0. The second-order valence-electron chi connectivity index (χ2n) is 11.7. The number of hydrogen-bond acceptors (Lipinski definition) is 3. The summed E-state index contributed by atoms with van der Waals surface area (Å²) in [4.78, 5) is 23.2. The molecule has 0 bridgehead atoms. The fourth-order valence-electron chi connectivity index (χ4n) is 4.86. The number of carbonyl (C=O) groups is 2. The zero-order chi connectivity index (χ0) is 30.8. The topological polar surface area (TPSA) is 63.6 Å². The van der Waals surface area contributed by atoms with E-state index in [1.165, 1.54) is 77.0 Å². The van der Waals surface area contributed by atoms with Crippen molar-refractivity contribution in [3.05, 3.63) is 48.6 Å². The number of allylic oxidation sites excluding steroid dienone is 7. The summed E-state index contributed by atoms with van der Waals surface area (Å²) < 4.78 is 5.82. The maximum atomic E-state index is 12.5. The van der Waals surface area contributed by atoms with Crippen LogP contribution in [-0.2, 0) is 14.3 Å². The Morgan fingerprint density at radius 2 is 1.00 bits per heavy atom. The highest BCUT2D eigenvalue weighted by molar-refractivity contribution is 5.69. The van der Waals surface area contributed by atoms with Crippen LogP contribution in [0.1, 0.15) is 174 Å². The van der Waals surface area contributed by atoms with Crippen molar-refractivity contribution in [2.75, 3.05) is 0 Å². The van der Waals surface area contributed by atoms with Gasteiger partial charge in [-0.15, -0.1) is 0 Å². The van der Waals surface area contributed by atoms with Crippen molar-refractivity contribution in [2.24, 2.45) is 0 Å². The molecule has 0 rings (SSSR count). The van der Waals surface area contributed by atoms with Gasteiger partial charge in [0.15, 0.2) is 0 Å². The Kier molecular flexibility index (Phi) is 31.7. The third kappa shape index (κ3) is 32.4. The Balaban J connectivity index is 3.93. The molecule has 0 aliphatic rings. The van der Waals surface area contributed by atoms with E-state index in [2.05, 4.69) is 62.5 Å². The van der Waals surface area contributed by atoms with Gasteiger partial charge in [0.1, 0.15) is 6.10 Å². The average molecular weight is 587 g/mol. The lowest BCUT2D eigenvalue weighted by atomic mass is 10.1. The van der Waals surface area contributed by atoms with Crippen LogP contribution in [0.15, 0.2) is 48.6 Å². The highest BCUT2D eigenvalue weighted by Crippen LogP contribution is 2.15. The lowest BCUT2D eigenvalue weighted by Crippen LogP contribution is -2.16. The standard InChI is InChI=1S/C38H66O4/c1-3-5-7-9-11-12-13-14-15-16-17-18-19-20-21-22-23-25-31-35-38(41)42-36(32-28-24-10-8-6-4-2)33-29-26-27-30-34-37(39)40/h11-12,14-15,17-18,28,32,36H,3-10,13,16,19-27,29-31,33-35H2,1-2H3,(H,39,40)/b12-11-,15-14-,18-17-,32-28-. The summed E-state index contributed by atoms with van der Waals surface area (Å²) in [5.74, 6) is -0.806. The highest BCUT2D eigenvalue weighted by atomic mass is 16.5. The van der Waals surface area contributed by atoms with Crippen LogP contribution in [0.25, 0.3) is 0 Å². The molecule has 0 saturated carbocycles. The van der Waals surface area contributed by atoms with Crippen molar-refractivity contribution in [3.8, 4) is 0 Å². The van der Waals surface area contributed by atoms with E-state index in [9.17, 15) is 9.59 Å². The van der Waals surface area contributed by atoms with E-state index in [-0.39, 0.29) is 18.5 Å². The molecule has 1 unspecified atom stereocenters. The molecular formula is C38H66O4. The van der Waals surface area contributed by atoms with E-state index in [0.717, 1.165) is 70.6 Å². The summed E-state index contributed by atoms with van der Waals surface area (Å²) in [5.41, 5.74) is 0. The van der Waals surface area contributed by atoms with Crippen LogP contribution in [0.4, 0.5) is 0 Å². The molecule has 242 valence electrons. The van der Waals surface area contributed by atoms with Crippen LogP contribution in [0.2, 0.25) is 0 Å². The molecule has 42 heavy (non-hydrogen) atoms. The average Bonchev–Trinajstić information content (AvgIpc) is 2.97. The first-order chi connectivity index (χ1) is 20.6. The van der Waals surface area contributed by atoms with Crippen molar-refractivity contribution in [3.63, 3.8) is 0 Å². The SMILES string of the molecule is CCCCC/C=C\C/C=C\C/C=C\CCCCCCCCC(=O)OC(/C=C\CCCCCC)CCCCCCC(=O)O. The second kappa shape index (κ2) is 33.4. The van der Waals surface area contributed by atoms with Crippen LogP contribution in [0.3, 0.4) is 0 Å². The van der Waals surface area contributed by atoms with Gasteiger partial charge in [0.05, 0.1) is 0 Å². The predicted octanol–water partition coefficient (Wildman–Crippen LogP) is 12.0. The van der Waals surface area contributed by atoms with Gasteiger partial charge in [-0.1, -0.05) is 127 Å². The van der Waals surface area contributed by atoms with Crippen molar-refractivity contribution in [1.82, 2.24) is 0 Å². The molecule has 1 N–H and O–H groups in total. The number of carbonyl (C=O) groups excluding carboxylic acids is 1. The number of unbranched alkanes of at least 4 members (excludes halogenated alkanes) is 16. The molecule has 0 aliphatic heterocycles. The number of ether oxygens (including phenoxy) is 1. The van der Waals surface area contributed by atoms with Crippen molar-refractivity contribution < 1.29 is 19.4 Å². The molecule has 0 aromatic rings. The van der Waals surface area contributed by atoms with Crippen molar-refractivity contribution in [2.45, 2.75) is 180 Å². The summed E-state index contributed by atoms with van der Waals surface area (Å²) in [6.07, 6.45) is 44.2. The molecule has 1 atom stereocenters. The molecule has 0 aromatic heterocycles. The van der Waals surface area contributed by atoms with Crippen LogP contribution in [-0.4, -0.2) is 23.1 Å². The molecule has 0 amide bonds. The van der Waals surface area contributed by atoms with Gasteiger partial charge in [0.2, 0.25) is 0 Å². The van der Waals surface area contributed by atoms with E-state index in [4.69, 9.17) is 9.84 Å². The molecule has 0 aliphatic carbocycles. The lowest BCUT2D eigenvalue weighted by molar-refractivity contribution is -0.147. The summed E-state index contributed by atoms with van der Waals surface area (Å²) in [6, 6.07) is 0. The smallest absolute Gasteiger partial charge is 0.306 e. The third-order valence-electron chi connectivity index (χ3n) is 7.51. The van der Waals surface area contributed by atoms with Crippen molar-refractivity contribution >= 4 is 11.9 Å². The minimum Gasteiger partial charge on any atom is -0.481 e. The number of carboxylic acid groups (broad SMARTS) is 1. The molecule has 0 radical (unpaired) electrons. The first-order valence-electron chi connectivity index (χ1n) is 17.6. The fraction of sp³-hybridized carbons (Fsp3) is 0.737. The van der Waals surface area contributed by atoms with E-state index < -0.39 is 5.97 Å². The molecule has 4 heteroatoms. The fourth-order valence-corrected chi connectivity index (χ4v) is 4.86. The van der Waals surface area contributed by atoms with Crippen LogP contribution in [0.5, 0.6) is 0 Å². The molecule has 0 saturated heterocycles. The molecule has 0 aromatic carbocycles. The van der Waals surface area contributed by atoms with Gasteiger partial charge in [0, 0.05) is 12.8 Å². The van der Waals surface area contributed by atoms with Crippen LogP contribution in [0, 0.1) is 0 Å². The minimum absolute atomic E-state index is 0.0799. The Hall–Kier alpha value is -2.10. The number of rotatable bonds is 31. The van der Waals surface area contributed by atoms with Gasteiger partial charge < -0.3 is 9.84 Å². The molecule has 0 fully saturated rings. The number of hydrogen-bond donors (Lipinski definition) is 1. The van der Waals surface area contributed by atoms with E-state index >= 15 is 0 Å². The Morgan fingerprint density at radius 1 is 0.548 bits per heavy atom. The van der Waals surface area contributed by atoms with E-state index in [1.807, 2.05) is 0 Å². The largest absolute Gasteiger partial charge is 0.481 e.